The van der Waals surface area contributed by atoms with Gasteiger partial charge in [-0.15, -0.1) is 0 Å². The number of hydrogen-bond donors (Lipinski definition) is 0. The standard InChI is InChI=1S/C30H32BF3NO4.K/c1-17-25(28(36)39-30(4,5)6)18(2)27(19(3)26(17)31(32,33)34)35(7)29(37)38-16-24-22-14-10-8-12-20(22)21-13-9-11-15-23(21)24;/h8-15,24H,16H2,1-7H3;/q-1;+1. The van der Waals surface area contributed by atoms with Crippen LogP contribution in [0.25, 0.3) is 11.1 Å². The van der Waals surface area contributed by atoms with E-state index in [9.17, 15) is 22.5 Å². The zero-order valence-corrected chi connectivity index (χ0v) is 27.3. The normalized spacial score (nSPS) is 12.8. The summed E-state index contributed by atoms with van der Waals surface area (Å²) >= 11 is 0. The average Bonchev–Trinajstić information content (AvgIpc) is 3.14. The predicted molar refractivity (Wildman–Crippen MR) is 148 cm³/mol. The van der Waals surface area contributed by atoms with Gasteiger partial charge in [0.2, 0.25) is 0 Å². The summed E-state index contributed by atoms with van der Waals surface area (Å²) in [5.41, 5.74) is 2.00. The van der Waals surface area contributed by atoms with Gasteiger partial charge in [0.05, 0.1) is 11.3 Å². The summed E-state index contributed by atoms with van der Waals surface area (Å²) in [4.78, 5) is 27.4. The van der Waals surface area contributed by atoms with Gasteiger partial charge in [0.1, 0.15) is 12.2 Å². The van der Waals surface area contributed by atoms with Crippen LogP contribution in [-0.2, 0) is 9.47 Å². The van der Waals surface area contributed by atoms with Crippen LogP contribution in [0, 0.1) is 20.8 Å². The minimum atomic E-state index is -5.49. The summed E-state index contributed by atoms with van der Waals surface area (Å²) in [5.74, 6) is -1.08. The molecule has 1 aliphatic carbocycles. The van der Waals surface area contributed by atoms with Crippen molar-refractivity contribution in [3.63, 3.8) is 0 Å². The van der Waals surface area contributed by atoms with E-state index in [2.05, 4.69) is 0 Å². The molecule has 0 unspecified atom stereocenters. The molecule has 5 nitrogen and oxygen atoms in total. The van der Waals surface area contributed by atoms with E-state index in [0.29, 0.717) is 0 Å². The van der Waals surface area contributed by atoms with Crippen LogP contribution in [0.3, 0.4) is 0 Å². The van der Waals surface area contributed by atoms with Crippen molar-refractivity contribution >= 4 is 30.2 Å². The molecule has 0 aliphatic heterocycles. The van der Waals surface area contributed by atoms with Crippen molar-refractivity contribution in [3.05, 3.63) is 81.9 Å². The van der Waals surface area contributed by atoms with Gasteiger partial charge in [0.25, 0.3) is 0 Å². The predicted octanol–water partition coefficient (Wildman–Crippen LogP) is 4.01. The molecule has 0 heterocycles. The first kappa shape index (κ1) is 32.4. The monoisotopic (exact) mass is 577 g/mol. The Kier molecular flexibility index (Phi) is 9.73. The van der Waals surface area contributed by atoms with Crippen molar-refractivity contribution in [3.8, 4) is 11.1 Å². The molecule has 0 atom stereocenters. The number of ether oxygens (including phenoxy) is 2. The van der Waals surface area contributed by atoms with Gasteiger partial charge in [-0.3, -0.25) is 4.90 Å². The second-order valence-corrected chi connectivity index (χ2v) is 11.0. The second kappa shape index (κ2) is 12.0. The van der Waals surface area contributed by atoms with Crippen LogP contribution < -0.4 is 61.7 Å². The van der Waals surface area contributed by atoms with Crippen LogP contribution >= 0.6 is 0 Å². The Labute approximate surface area is 275 Å². The van der Waals surface area contributed by atoms with E-state index in [1.165, 1.54) is 27.8 Å². The maximum atomic E-state index is 14.3. The number of hydrogen-bond acceptors (Lipinski definition) is 4. The number of nitrogens with zero attached hydrogens (tertiary/aromatic N) is 1. The Bertz CT molecular complexity index is 1420. The molecule has 0 saturated carbocycles. The van der Waals surface area contributed by atoms with E-state index in [-0.39, 0.29) is 91.9 Å². The van der Waals surface area contributed by atoms with Crippen LogP contribution in [0.1, 0.15) is 64.9 Å². The molecular weight excluding hydrogens is 545 g/mol. The van der Waals surface area contributed by atoms with Crippen molar-refractivity contribution in [2.24, 2.45) is 0 Å². The van der Waals surface area contributed by atoms with Crippen LogP contribution in [-0.4, -0.2) is 38.3 Å². The molecule has 10 heteroatoms. The summed E-state index contributed by atoms with van der Waals surface area (Å²) in [6.07, 6.45) is -0.817. The number of amides is 1. The molecule has 0 radical (unpaired) electrons. The molecule has 3 aromatic carbocycles. The molecule has 0 fully saturated rings. The van der Waals surface area contributed by atoms with E-state index in [1.807, 2.05) is 48.5 Å². The van der Waals surface area contributed by atoms with Gasteiger partial charge in [0.15, 0.2) is 0 Å². The molecule has 0 aromatic heterocycles. The zero-order valence-electron chi connectivity index (χ0n) is 24.2. The summed E-state index contributed by atoms with van der Waals surface area (Å²) in [5, 5.41) is 0. The van der Waals surface area contributed by atoms with E-state index in [4.69, 9.17) is 9.47 Å². The van der Waals surface area contributed by atoms with Crippen LogP contribution in [0.5, 0.6) is 0 Å². The number of fused-ring (bicyclic) bond motifs is 3. The van der Waals surface area contributed by atoms with Gasteiger partial charge < -0.3 is 22.4 Å². The van der Waals surface area contributed by atoms with Gasteiger partial charge in [-0.05, 0) is 69.4 Å². The van der Waals surface area contributed by atoms with Gasteiger partial charge in [0, 0.05) is 13.0 Å². The number of rotatable bonds is 5. The van der Waals surface area contributed by atoms with Crippen LogP contribution in [0.4, 0.5) is 23.4 Å². The van der Waals surface area contributed by atoms with Gasteiger partial charge in [-0.2, -0.15) is 0 Å². The van der Waals surface area contributed by atoms with Gasteiger partial charge in [-0.1, -0.05) is 65.1 Å². The quantitative estimate of drug-likeness (QED) is 0.340. The van der Waals surface area contributed by atoms with Crippen molar-refractivity contribution < 1.29 is 83.4 Å². The van der Waals surface area contributed by atoms with Crippen molar-refractivity contribution in [1.29, 1.82) is 0 Å². The first-order valence-electron chi connectivity index (χ1n) is 12.8. The molecule has 0 bridgehead atoms. The third kappa shape index (κ3) is 6.21. The third-order valence-corrected chi connectivity index (χ3v) is 7.14. The smallest absolute Gasteiger partial charge is 0.456 e. The third-order valence-electron chi connectivity index (χ3n) is 7.14. The molecule has 4 rings (SSSR count). The summed E-state index contributed by atoms with van der Waals surface area (Å²) in [7, 11) is 1.36. The molecule has 0 saturated heterocycles. The number of anilines is 1. The summed E-state index contributed by atoms with van der Waals surface area (Å²) < 4.78 is 54.0. The van der Waals surface area contributed by atoms with E-state index >= 15 is 0 Å². The van der Waals surface area contributed by atoms with Gasteiger partial charge in [-0.25, -0.2) is 9.59 Å². The number of halogens is 3. The minimum Gasteiger partial charge on any atom is -0.456 e. The van der Waals surface area contributed by atoms with Crippen LogP contribution in [0.15, 0.2) is 48.5 Å². The second-order valence-electron chi connectivity index (χ2n) is 11.0. The van der Waals surface area contributed by atoms with Crippen LogP contribution in [0.2, 0.25) is 0 Å². The summed E-state index contributed by atoms with van der Waals surface area (Å²) in [6.45, 7) is 3.54. The fourth-order valence-corrected chi connectivity index (χ4v) is 5.64. The minimum absolute atomic E-state index is 0. The SMILES string of the molecule is Cc1c(C(=O)OC(C)(C)C)c(C)c([B-](F)(F)F)c(C)c1N(C)C(=O)OCC1c2ccccc2-c2ccccc21.[K+]. The van der Waals surface area contributed by atoms with Crippen molar-refractivity contribution in [2.45, 2.75) is 53.1 Å². The number of esters is 1. The Morgan fingerprint density at radius 2 is 1.38 bits per heavy atom. The molecule has 206 valence electrons. The maximum Gasteiger partial charge on any atom is 1.00 e. The fourth-order valence-electron chi connectivity index (χ4n) is 5.64. The average molecular weight is 577 g/mol. The first-order chi connectivity index (χ1) is 18.1. The van der Waals surface area contributed by atoms with Crippen molar-refractivity contribution in [2.75, 3.05) is 18.6 Å². The Balaban J connectivity index is 0.00000441. The molecule has 1 amide bonds. The molecule has 0 N–H and O–H groups in total. The zero-order chi connectivity index (χ0) is 28.9. The molecule has 40 heavy (non-hydrogen) atoms. The Morgan fingerprint density at radius 1 is 0.875 bits per heavy atom. The Morgan fingerprint density at radius 3 is 1.85 bits per heavy atom. The topological polar surface area (TPSA) is 55.8 Å². The number of carbonyl (C=O) groups excluding carboxylic acids is 2. The fraction of sp³-hybridized carbons (Fsp3) is 0.333. The molecular formula is C30H32BF3KNO4. The number of carbonyl (C=O) groups is 2. The Hall–Kier alpha value is -2.11. The number of benzene rings is 3. The van der Waals surface area contributed by atoms with E-state index in [1.54, 1.807) is 20.8 Å². The van der Waals surface area contributed by atoms with Crippen molar-refractivity contribution in [1.82, 2.24) is 0 Å². The van der Waals surface area contributed by atoms with E-state index in [0.717, 1.165) is 27.2 Å². The first-order valence-corrected chi connectivity index (χ1v) is 12.8. The van der Waals surface area contributed by atoms with E-state index < -0.39 is 30.1 Å². The summed E-state index contributed by atoms with van der Waals surface area (Å²) in [6, 6.07) is 15.7. The molecule has 0 spiro atoms. The van der Waals surface area contributed by atoms with Gasteiger partial charge >= 0.3 is 70.4 Å². The molecule has 3 aromatic rings. The largest absolute Gasteiger partial charge is 1.00 e. The maximum absolute atomic E-state index is 14.3. The molecule has 1 aliphatic rings.